The van der Waals surface area contributed by atoms with Gasteiger partial charge in [-0.15, -0.1) is 0 Å². The highest BCUT2D eigenvalue weighted by Gasteiger charge is 2.48. The molecule has 20 heavy (non-hydrogen) atoms. The molecule has 108 valence electrons. The molecule has 0 aliphatic carbocycles. The Morgan fingerprint density at radius 2 is 2.00 bits per heavy atom. The molecule has 2 fully saturated rings. The Morgan fingerprint density at radius 3 is 2.65 bits per heavy atom. The Balaban J connectivity index is 1.95. The van der Waals surface area contributed by atoms with E-state index in [1.807, 2.05) is 0 Å². The molecule has 2 saturated heterocycles. The molecule has 1 aromatic carbocycles. The molecule has 0 unspecified atom stereocenters. The number of ether oxygens (including phenoxy) is 1. The Morgan fingerprint density at radius 1 is 1.30 bits per heavy atom. The number of fused-ring (bicyclic) bond motifs is 2. The summed E-state index contributed by atoms with van der Waals surface area (Å²) in [4.78, 5) is 2.47. The largest absolute Gasteiger partial charge is 0.484 e. The smallest absolute Gasteiger partial charge is 0.185 e. The predicted octanol–water partition coefficient (Wildman–Crippen LogP) is 3.48. The summed E-state index contributed by atoms with van der Waals surface area (Å²) in [6.45, 7) is 0. The quantitative estimate of drug-likeness (QED) is 0.485. The summed E-state index contributed by atoms with van der Waals surface area (Å²) >= 11 is 2.34. The molecule has 2 aliphatic rings. The van der Waals surface area contributed by atoms with Crippen LogP contribution in [-0.4, -0.2) is 37.0 Å². The highest BCUT2D eigenvalue weighted by Crippen LogP contribution is 2.46. The van der Waals surface area contributed by atoms with E-state index < -0.39 is 0 Å². The van der Waals surface area contributed by atoms with Crippen molar-refractivity contribution in [2.75, 3.05) is 14.2 Å². The number of hydrogen-bond acceptors (Lipinski definition) is 3. The number of nitrogens with zero attached hydrogens (tertiary/aromatic N) is 1. The van der Waals surface area contributed by atoms with E-state index in [0.717, 1.165) is 6.42 Å². The third-order valence-corrected chi connectivity index (χ3v) is 5.81. The van der Waals surface area contributed by atoms with Crippen LogP contribution in [0.1, 0.15) is 30.7 Å². The maximum Gasteiger partial charge on any atom is 0.185 e. The second-order valence-electron chi connectivity index (χ2n) is 5.95. The molecule has 0 radical (unpaired) electrons. The fraction of sp³-hybridized carbons (Fsp3) is 0.562. The van der Waals surface area contributed by atoms with Crippen LogP contribution in [0, 0.1) is 14.9 Å². The van der Waals surface area contributed by atoms with Gasteiger partial charge < -0.3 is 4.74 Å². The molecule has 3 nitrogen and oxygen atoms in total. The lowest BCUT2D eigenvalue weighted by atomic mass is 9.76. The first-order valence-electron chi connectivity index (χ1n) is 7.21. The van der Waals surface area contributed by atoms with Gasteiger partial charge in [0, 0.05) is 15.7 Å². The second-order valence-corrected chi connectivity index (χ2v) is 7.20. The summed E-state index contributed by atoms with van der Waals surface area (Å²) in [5.74, 6) is 1.07. The van der Waals surface area contributed by atoms with Gasteiger partial charge in [-0.2, -0.15) is 0 Å². The van der Waals surface area contributed by atoms with E-state index in [4.69, 9.17) is 10.1 Å². The fourth-order valence-corrected chi connectivity index (χ4v) is 4.37. The van der Waals surface area contributed by atoms with Crippen LogP contribution in [0.3, 0.4) is 0 Å². The van der Waals surface area contributed by atoms with Gasteiger partial charge >= 0.3 is 0 Å². The van der Waals surface area contributed by atoms with Gasteiger partial charge in [-0.3, -0.25) is 10.3 Å². The van der Waals surface area contributed by atoms with Crippen LogP contribution >= 0.6 is 22.6 Å². The molecule has 2 heterocycles. The van der Waals surface area contributed by atoms with E-state index in [-0.39, 0.29) is 5.92 Å². The average Bonchev–Trinajstić information content (AvgIpc) is 2.70. The van der Waals surface area contributed by atoms with Crippen LogP contribution in [0.25, 0.3) is 0 Å². The van der Waals surface area contributed by atoms with Crippen molar-refractivity contribution >= 4 is 28.5 Å². The number of nitrogens with one attached hydrogen (secondary N) is 1. The van der Waals surface area contributed by atoms with Crippen molar-refractivity contribution in [3.05, 3.63) is 33.4 Å². The minimum absolute atomic E-state index is 0.198. The monoisotopic (exact) mass is 380 g/mol. The van der Waals surface area contributed by atoms with E-state index >= 15 is 0 Å². The third-order valence-electron chi connectivity index (χ3n) is 5.09. The normalized spacial score (nSPS) is 33.1. The summed E-state index contributed by atoms with van der Waals surface area (Å²) in [5, 5.41) is 8.25. The molecule has 4 heteroatoms. The zero-order chi connectivity index (χ0) is 14.3. The van der Waals surface area contributed by atoms with Crippen molar-refractivity contribution in [3.63, 3.8) is 0 Å². The molecule has 1 N–H and O–H groups in total. The molecular weight excluding hydrogens is 359 g/mol. The zero-order valence-corrected chi connectivity index (χ0v) is 14.1. The van der Waals surface area contributed by atoms with Gasteiger partial charge in [-0.1, -0.05) is 12.1 Å². The molecule has 3 rings (SSSR count). The predicted molar refractivity (Wildman–Crippen MR) is 89.3 cm³/mol. The Bertz CT molecular complexity index is 502. The molecule has 2 bridgehead atoms. The summed E-state index contributed by atoms with van der Waals surface area (Å²) in [7, 11) is 3.84. The van der Waals surface area contributed by atoms with Crippen LogP contribution in [0.15, 0.2) is 24.3 Å². The zero-order valence-electron chi connectivity index (χ0n) is 12.0. The van der Waals surface area contributed by atoms with Crippen LogP contribution in [0.2, 0.25) is 0 Å². The standard InChI is InChI=1S/C16H21IN2O/c1-19-12-7-8-14(19)15(16(18)20-2)13(9-12)10-3-5-11(17)6-4-10/h3-6,12-15,18H,7-9H2,1-2H3/t12-,13+,14+,15-/m0/s1/i17-4. The summed E-state index contributed by atoms with van der Waals surface area (Å²) in [5.41, 5.74) is 1.36. The van der Waals surface area contributed by atoms with Gasteiger partial charge in [0.1, 0.15) is 0 Å². The van der Waals surface area contributed by atoms with Gasteiger partial charge in [-0.05, 0) is 72.5 Å². The van der Waals surface area contributed by atoms with Crippen molar-refractivity contribution < 1.29 is 4.74 Å². The van der Waals surface area contributed by atoms with E-state index in [0.29, 0.717) is 23.9 Å². The Labute approximate surface area is 134 Å². The van der Waals surface area contributed by atoms with Crippen LogP contribution in [-0.2, 0) is 4.74 Å². The summed E-state index contributed by atoms with van der Waals surface area (Å²) in [6, 6.07) is 9.93. The van der Waals surface area contributed by atoms with Crippen molar-refractivity contribution in [1.82, 2.24) is 4.90 Å². The summed E-state index contributed by atoms with van der Waals surface area (Å²) in [6.07, 6.45) is 3.60. The molecule has 0 saturated carbocycles. The first-order chi connectivity index (χ1) is 9.61. The van der Waals surface area contributed by atoms with Crippen molar-refractivity contribution in [2.45, 2.75) is 37.3 Å². The van der Waals surface area contributed by atoms with Gasteiger partial charge in [0.2, 0.25) is 0 Å². The molecular formula is C16H21IN2O. The first-order valence-corrected chi connectivity index (χ1v) is 8.29. The van der Waals surface area contributed by atoms with Gasteiger partial charge in [-0.25, -0.2) is 0 Å². The molecule has 4 atom stereocenters. The fourth-order valence-electron chi connectivity index (χ4n) is 4.01. The van der Waals surface area contributed by atoms with E-state index in [2.05, 4.69) is 58.8 Å². The van der Waals surface area contributed by atoms with Crippen LogP contribution < -0.4 is 0 Å². The minimum Gasteiger partial charge on any atom is -0.484 e. The van der Waals surface area contributed by atoms with Gasteiger partial charge in [0.05, 0.1) is 13.0 Å². The Kier molecular flexibility index (Phi) is 4.04. The molecule has 2 aliphatic heterocycles. The van der Waals surface area contributed by atoms with E-state index in [1.165, 1.54) is 22.0 Å². The molecule has 1 aromatic rings. The number of benzene rings is 1. The maximum atomic E-state index is 8.25. The number of hydrogen-bond donors (Lipinski definition) is 1. The first kappa shape index (κ1) is 14.3. The van der Waals surface area contributed by atoms with Crippen molar-refractivity contribution in [2.24, 2.45) is 5.92 Å². The molecule has 0 spiro atoms. The Hall–Kier alpha value is -0.620. The second kappa shape index (κ2) is 5.64. The van der Waals surface area contributed by atoms with E-state index in [9.17, 15) is 0 Å². The highest BCUT2D eigenvalue weighted by atomic mass is 123. The molecule has 0 amide bonds. The third kappa shape index (κ3) is 2.37. The van der Waals surface area contributed by atoms with Crippen molar-refractivity contribution in [1.29, 1.82) is 5.41 Å². The van der Waals surface area contributed by atoms with Gasteiger partial charge in [0.15, 0.2) is 5.90 Å². The number of piperidine rings is 1. The minimum atomic E-state index is 0.198. The van der Waals surface area contributed by atoms with Crippen LogP contribution in [0.4, 0.5) is 0 Å². The summed E-state index contributed by atoms with van der Waals surface area (Å²) < 4.78 is 6.58. The van der Waals surface area contributed by atoms with Crippen LogP contribution in [0.5, 0.6) is 0 Å². The highest BCUT2D eigenvalue weighted by molar-refractivity contribution is 14.1. The average molecular weight is 380 g/mol. The lowest BCUT2D eigenvalue weighted by Crippen LogP contribution is -2.48. The van der Waals surface area contributed by atoms with E-state index in [1.54, 1.807) is 7.11 Å². The lowest BCUT2D eigenvalue weighted by molar-refractivity contribution is 0.119. The maximum absolute atomic E-state index is 8.25. The lowest BCUT2D eigenvalue weighted by Gasteiger charge is -2.42. The van der Waals surface area contributed by atoms with Crippen molar-refractivity contribution in [3.8, 4) is 0 Å². The van der Waals surface area contributed by atoms with Gasteiger partial charge in [0.25, 0.3) is 0 Å². The molecule has 0 aromatic heterocycles. The SMILES string of the molecule is COC(=N)[C@H]1[C@@H](c2ccc([123I])cc2)C[C@@H]2CC[C@H]1N2C. The number of halogens is 1. The number of methoxy groups -OCH3 is 1. The topological polar surface area (TPSA) is 36.3 Å². The number of rotatable bonds is 2.